The lowest BCUT2D eigenvalue weighted by atomic mass is 10.1. The number of nitrogens with two attached hydrogens (primary N) is 2. The van der Waals surface area contributed by atoms with Crippen molar-refractivity contribution in [1.29, 1.82) is 0 Å². The Morgan fingerprint density at radius 2 is 1.85 bits per heavy atom. The zero-order valence-corrected chi connectivity index (χ0v) is 19.9. The van der Waals surface area contributed by atoms with Gasteiger partial charge >= 0.3 is 6.01 Å². The van der Waals surface area contributed by atoms with E-state index in [4.69, 9.17) is 20.9 Å². The normalized spacial score (nSPS) is 11.2. The second-order valence-electron chi connectivity index (χ2n) is 6.93. The van der Waals surface area contributed by atoms with E-state index in [1.54, 1.807) is 12.4 Å². The Kier molecular flexibility index (Phi) is 7.51. The van der Waals surface area contributed by atoms with Crippen LogP contribution in [0.1, 0.15) is 5.56 Å². The molecule has 4 rings (SSSR count). The van der Waals surface area contributed by atoms with E-state index in [-0.39, 0.29) is 49.2 Å². The van der Waals surface area contributed by atoms with Crippen LogP contribution in [0.5, 0.6) is 11.8 Å². The summed E-state index contributed by atoms with van der Waals surface area (Å²) in [5.74, 6) is 0.944. The first-order valence-electron chi connectivity index (χ1n) is 9.45. The number of aromatic nitrogens is 4. The number of nitrogens with zero attached hydrogens (tertiary/aromatic N) is 4. The van der Waals surface area contributed by atoms with Crippen molar-refractivity contribution >= 4 is 55.6 Å². The number of hydrogen-bond donors (Lipinski definition) is 2. The third-order valence-electron chi connectivity index (χ3n) is 4.39. The molecular formula is C20H21ClN6O4S2. The van der Waals surface area contributed by atoms with Crippen LogP contribution in [0.25, 0.3) is 20.7 Å². The Hall–Kier alpha value is -3.22. The lowest BCUT2D eigenvalue weighted by Gasteiger charge is -2.11. The van der Waals surface area contributed by atoms with Gasteiger partial charge in [-0.25, -0.2) is 18.4 Å². The summed E-state index contributed by atoms with van der Waals surface area (Å²) in [6.45, 7) is 0.184. The van der Waals surface area contributed by atoms with Crippen molar-refractivity contribution in [3.05, 3.63) is 48.3 Å². The fourth-order valence-corrected chi connectivity index (χ4v) is 4.21. The molecule has 0 fully saturated rings. The van der Waals surface area contributed by atoms with Crippen molar-refractivity contribution in [3.63, 3.8) is 0 Å². The maximum Gasteiger partial charge on any atom is 0.317 e. The fraction of sp³-hybridized carbons (Fsp3) is 0.200. The highest BCUT2D eigenvalue weighted by Crippen LogP contribution is 2.38. The van der Waals surface area contributed by atoms with Crippen LogP contribution in [-0.4, -0.2) is 47.0 Å². The molecule has 0 amide bonds. The van der Waals surface area contributed by atoms with E-state index in [1.807, 2.05) is 30.3 Å². The summed E-state index contributed by atoms with van der Waals surface area (Å²) >= 11 is 1.45. The monoisotopic (exact) mass is 508 g/mol. The number of halogens is 1. The lowest BCUT2D eigenvalue weighted by molar-refractivity contribution is 0.307. The number of benzene rings is 1. The number of anilines is 2. The summed E-state index contributed by atoms with van der Waals surface area (Å²) in [6.07, 6.45) is 4.34. The van der Waals surface area contributed by atoms with Crippen LogP contribution in [-0.2, 0) is 16.4 Å². The van der Waals surface area contributed by atoms with Gasteiger partial charge in [0.05, 0.1) is 11.3 Å². The summed E-state index contributed by atoms with van der Waals surface area (Å²) in [6, 6.07) is 9.70. The van der Waals surface area contributed by atoms with Gasteiger partial charge in [0.15, 0.2) is 9.84 Å². The van der Waals surface area contributed by atoms with Crippen LogP contribution in [0.3, 0.4) is 0 Å². The molecule has 0 saturated heterocycles. The molecule has 13 heteroatoms. The zero-order valence-electron chi connectivity index (χ0n) is 17.5. The van der Waals surface area contributed by atoms with Crippen LogP contribution >= 0.6 is 23.7 Å². The standard InChI is InChI=1S/C20H20N6O4S2.ClH/c1-32(27,28)7-6-29-20-24-9-12-8-16(31-18(12)26-20)14-4-2-3-5-15(14)30-11-13-10-23-19(22)25-17(13)21;/h2-5,8-10H,6-7,11H2,1H3,(H4,21,22,23,25);1H. The molecule has 0 bridgehead atoms. The Morgan fingerprint density at radius 3 is 2.61 bits per heavy atom. The molecular weight excluding hydrogens is 488 g/mol. The molecule has 0 radical (unpaired) electrons. The molecule has 0 saturated carbocycles. The van der Waals surface area contributed by atoms with Gasteiger partial charge < -0.3 is 20.9 Å². The van der Waals surface area contributed by atoms with Crippen LogP contribution in [0, 0.1) is 0 Å². The molecule has 0 aliphatic heterocycles. The third kappa shape index (κ3) is 6.18. The molecule has 1 aromatic carbocycles. The first-order chi connectivity index (χ1) is 15.3. The molecule has 4 N–H and O–H groups in total. The number of para-hydroxylation sites is 1. The van der Waals surface area contributed by atoms with E-state index in [0.717, 1.165) is 26.9 Å². The molecule has 174 valence electrons. The second-order valence-corrected chi connectivity index (χ2v) is 10.2. The predicted molar refractivity (Wildman–Crippen MR) is 130 cm³/mol. The number of rotatable bonds is 8. The molecule has 33 heavy (non-hydrogen) atoms. The number of fused-ring (bicyclic) bond motifs is 1. The van der Waals surface area contributed by atoms with Crippen LogP contribution in [0.2, 0.25) is 0 Å². The lowest BCUT2D eigenvalue weighted by Crippen LogP contribution is -2.13. The Bertz CT molecular complexity index is 1380. The van der Waals surface area contributed by atoms with Gasteiger partial charge in [0.25, 0.3) is 0 Å². The molecule has 0 atom stereocenters. The predicted octanol–water partition coefficient (Wildman–Crippen LogP) is 2.74. The van der Waals surface area contributed by atoms with Gasteiger partial charge in [-0.3, -0.25) is 0 Å². The van der Waals surface area contributed by atoms with Gasteiger partial charge in [-0.2, -0.15) is 9.97 Å². The maximum atomic E-state index is 11.3. The largest absolute Gasteiger partial charge is 0.488 e. The second kappa shape index (κ2) is 10.1. The molecule has 10 nitrogen and oxygen atoms in total. The average molecular weight is 509 g/mol. The SMILES string of the molecule is CS(=O)(=O)CCOc1ncc2cc(-c3ccccc3OCc3cnc(N)nc3N)sc2n1.Cl. The topological polar surface area (TPSA) is 156 Å². The van der Waals surface area contributed by atoms with E-state index in [9.17, 15) is 8.42 Å². The van der Waals surface area contributed by atoms with Crippen LogP contribution in [0.15, 0.2) is 42.7 Å². The van der Waals surface area contributed by atoms with Crippen LogP contribution in [0.4, 0.5) is 11.8 Å². The summed E-state index contributed by atoms with van der Waals surface area (Å²) in [5, 5.41) is 0.839. The summed E-state index contributed by atoms with van der Waals surface area (Å²) < 4.78 is 33.9. The minimum Gasteiger partial charge on any atom is -0.488 e. The Labute approximate surface area is 200 Å². The van der Waals surface area contributed by atoms with Gasteiger partial charge in [-0.05, 0) is 18.2 Å². The average Bonchev–Trinajstić information content (AvgIpc) is 3.16. The third-order valence-corrected chi connectivity index (χ3v) is 6.38. The minimum absolute atomic E-state index is 0. The van der Waals surface area contributed by atoms with Gasteiger partial charge in [0, 0.05) is 34.5 Å². The molecule has 0 aliphatic carbocycles. The molecule has 0 aliphatic rings. The summed E-state index contributed by atoms with van der Waals surface area (Å²) in [7, 11) is -3.12. The Morgan fingerprint density at radius 1 is 1.06 bits per heavy atom. The zero-order chi connectivity index (χ0) is 22.7. The number of hydrogen-bond acceptors (Lipinski definition) is 11. The van der Waals surface area contributed by atoms with E-state index in [0.29, 0.717) is 11.3 Å². The van der Waals surface area contributed by atoms with Crippen LogP contribution < -0.4 is 20.9 Å². The quantitative estimate of drug-likeness (QED) is 0.362. The summed E-state index contributed by atoms with van der Waals surface area (Å²) in [4.78, 5) is 18.1. The van der Waals surface area contributed by atoms with E-state index >= 15 is 0 Å². The van der Waals surface area contributed by atoms with E-state index in [1.165, 1.54) is 11.3 Å². The molecule has 4 aromatic rings. The molecule has 3 aromatic heterocycles. The molecule has 0 spiro atoms. The highest BCUT2D eigenvalue weighted by molar-refractivity contribution is 7.90. The number of nitrogen functional groups attached to an aromatic ring is 2. The summed E-state index contributed by atoms with van der Waals surface area (Å²) in [5.41, 5.74) is 12.9. The van der Waals surface area contributed by atoms with Gasteiger partial charge in [0.2, 0.25) is 5.95 Å². The van der Waals surface area contributed by atoms with Gasteiger partial charge in [-0.1, -0.05) is 12.1 Å². The number of sulfone groups is 1. The number of ether oxygens (including phenoxy) is 2. The fourth-order valence-electron chi connectivity index (χ4n) is 2.80. The maximum absolute atomic E-state index is 11.3. The van der Waals surface area contributed by atoms with Crippen molar-refractivity contribution in [2.75, 3.05) is 30.1 Å². The van der Waals surface area contributed by atoms with E-state index < -0.39 is 9.84 Å². The highest BCUT2D eigenvalue weighted by atomic mass is 35.5. The smallest absolute Gasteiger partial charge is 0.317 e. The Balaban J connectivity index is 0.00000306. The van der Waals surface area contributed by atoms with Crippen molar-refractivity contribution in [3.8, 4) is 22.2 Å². The van der Waals surface area contributed by atoms with Crippen molar-refractivity contribution in [2.45, 2.75) is 6.61 Å². The molecule has 3 heterocycles. The highest BCUT2D eigenvalue weighted by Gasteiger charge is 2.13. The van der Waals surface area contributed by atoms with Gasteiger partial charge in [-0.15, -0.1) is 23.7 Å². The first-order valence-corrected chi connectivity index (χ1v) is 12.3. The van der Waals surface area contributed by atoms with Crippen molar-refractivity contribution in [1.82, 2.24) is 19.9 Å². The van der Waals surface area contributed by atoms with E-state index in [2.05, 4.69) is 19.9 Å². The van der Waals surface area contributed by atoms with Crippen molar-refractivity contribution in [2.24, 2.45) is 0 Å². The number of thiophene rings is 1. The first kappa shape index (κ1) is 24.4. The van der Waals surface area contributed by atoms with Gasteiger partial charge in [0.1, 0.15) is 29.6 Å². The minimum atomic E-state index is -3.12. The van der Waals surface area contributed by atoms with Crippen molar-refractivity contribution < 1.29 is 17.9 Å². The molecule has 0 unspecified atom stereocenters.